The van der Waals surface area contributed by atoms with Crippen LogP contribution in [-0.4, -0.2) is 30.1 Å². The molecule has 2 atom stereocenters. The molecule has 0 saturated carbocycles. The van der Waals surface area contributed by atoms with Gasteiger partial charge in [-0.25, -0.2) is 4.39 Å². The average Bonchev–Trinajstić information content (AvgIpc) is 3.21. The van der Waals surface area contributed by atoms with Gasteiger partial charge in [0.05, 0.1) is 19.8 Å². The van der Waals surface area contributed by atoms with Gasteiger partial charge in [-0.1, -0.05) is 30.3 Å². The number of aromatic amines is 1. The van der Waals surface area contributed by atoms with E-state index >= 15 is 0 Å². The molecule has 0 fully saturated rings. The van der Waals surface area contributed by atoms with Crippen molar-refractivity contribution >= 4 is 10.9 Å². The fourth-order valence-corrected chi connectivity index (χ4v) is 5.73. The van der Waals surface area contributed by atoms with Crippen LogP contribution in [0.15, 0.2) is 60.7 Å². The van der Waals surface area contributed by atoms with E-state index in [0.29, 0.717) is 6.61 Å². The summed E-state index contributed by atoms with van der Waals surface area (Å²) in [4.78, 5) is 6.27. The molecule has 0 bridgehead atoms. The molecule has 0 spiro atoms. The first-order chi connectivity index (χ1) is 16.2. The Kier molecular flexibility index (Phi) is 4.88. The normalized spacial score (nSPS) is 19.6. The van der Waals surface area contributed by atoms with E-state index in [0.717, 1.165) is 42.0 Å². The molecule has 2 aliphatic rings. The smallest absolute Gasteiger partial charge is 0.161 e. The summed E-state index contributed by atoms with van der Waals surface area (Å²) in [6.07, 6.45) is 1.85. The van der Waals surface area contributed by atoms with Crippen LogP contribution in [0.4, 0.5) is 4.39 Å². The zero-order valence-corrected chi connectivity index (χ0v) is 18.9. The molecule has 0 saturated heterocycles. The molecule has 0 radical (unpaired) electrons. The summed E-state index contributed by atoms with van der Waals surface area (Å²) in [6, 6.07) is 20.1. The first-order valence-corrected chi connectivity index (χ1v) is 11.6. The van der Waals surface area contributed by atoms with Crippen molar-refractivity contribution in [2.45, 2.75) is 31.8 Å². The number of fused-ring (bicyclic) bond motifs is 6. The molecule has 1 aromatic heterocycles. The van der Waals surface area contributed by atoms with Crippen molar-refractivity contribution in [1.29, 1.82) is 0 Å². The van der Waals surface area contributed by atoms with Crippen molar-refractivity contribution in [1.82, 2.24) is 9.88 Å². The van der Waals surface area contributed by atoms with E-state index in [2.05, 4.69) is 46.3 Å². The first kappa shape index (κ1) is 20.3. The third kappa shape index (κ3) is 3.22. The van der Waals surface area contributed by atoms with Gasteiger partial charge in [0.25, 0.3) is 0 Å². The lowest BCUT2D eigenvalue weighted by molar-refractivity contribution is 0.127. The molecule has 0 aliphatic carbocycles. The van der Waals surface area contributed by atoms with Gasteiger partial charge in [0.1, 0.15) is 5.82 Å². The Hall–Kier alpha value is -3.31. The number of aromatic nitrogens is 1. The maximum atomic E-state index is 13.8. The van der Waals surface area contributed by atoms with Crippen LogP contribution in [0.1, 0.15) is 47.0 Å². The SMILES string of the molecule is CCOc1cc2c(cc1OC)CCN1C2Cc2c([nH]c3ccccc23)C1c1ccc(F)cc1. The van der Waals surface area contributed by atoms with Crippen LogP contribution >= 0.6 is 0 Å². The Morgan fingerprint density at radius 2 is 1.88 bits per heavy atom. The first-order valence-electron chi connectivity index (χ1n) is 11.6. The van der Waals surface area contributed by atoms with E-state index < -0.39 is 0 Å². The van der Waals surface area contributed by atoms with E-state index in [1.54, 1.807) is 19.2 Å². The van der Waals surface area contributed by atoms with Gasteiger partial charge >= 0.3 is 0 Å². The Morgan fingerprint density at radius 3 is 2.67 bits per heavy atom. The third-order valence-corrected chi connectivity index (χ3v) is 7.16. The average molecular weight is 443 g/mol. The summed E-state index contributed by atoms with van der Waals surface area (Å²) in [5.41, 5.74) is 7.45. The molecule has 4 aromatic rings. The molecule has 2 unspecified atom stereocenters. The van der Waals surface area contributed by atoms with Crippen molar-refractivity contribution < 1.29 is 13.9 Å². The van der Waals surface area contributed by atoms with Crippen molar-refractivity contribution in [3.8, 4) is 11.5 Å². The second kappa shape index (κ2) is 7.92. The molecule has 168 valence electrons. The van der Waals surface area contributed by atoms with Crippen LogP contribution < -0.4 is 9.47 Å². The monoisotopic (exact) mass is 442 g/mol. The van der Waals surface area contributed by atoms with Gasteiger partial charge in [0, 0.05) is 29.2 Å². The number of halogens is 1. The van der Waals surface area contributed by atoms with Crippen LogP contribution in [0.3, 0.4) is 0 Å². The Labute approximate surface area is 192 Å². The summed E-state index contributed by atoms with van der Waals surface area (Å²) >= 11 is 0. The Balaban J connectivity index is 1.55. The number of nitrogens with zero attached hydrogens (tertiary/aromatic N) is 1. The summed E-state index contributed by atoms with van der Waals surface area (Å²) in [6.45, 7) is 3.51. The second-order valence-corrected chi connectivity index (χ2v) is 8.86. The van der Waals surface area contributed by atoms with Crippen LogP contribution in [0, 0.1) is 5.82 Å². The number of H-pyrrole nitrogens is 1. The highest BCUT2D eigenvalue weighted by Gasteiger charge is 2.41. The highest BCUT2D eigenvalue weighted by atomic mass is 19.1. The summed E-state index contributed by atoms with van der Waals surface area (Å²) in [5, 5.41) is 1.27. The zero-order chi connectivity index (χ0) is 22.5. The summed E-state index contributed by atoms with van der Waals surface area (Å²) < 4.78 is 25.3. The minimum Gasteiger partial charge on any atom is -0.493 e. The standard InChI is InChI=1S/C28H27FN2O2/c1-3-33-26-16-21-18(14-25(26)32-2)12-13-31-24(21)15-22-20-6-4-5-7-23(20)30-27(22)28(31)17-8-10-19(29)11-9-17/h4-11,14,16,24,28,30H,3,12-13,15H2,1-2H3. The van der Waals surface area contributed by atoms with Gasteiger partial charge < -0.3 is 14.5 Å². The third-order valence-electron chi connectivity index (χ3n) is 7.16. The highest BCUT2D eigenvalue weighted by Crippen LogP contribution is 2.49. The Morgan fingerprint density at radius 1 is 1.06 bits per heavy atom. The number of rotatable bonds is 4. The molecule has 3 heterocycles. The number of benzene rings is 3. The quantitative estimate of drug-likeness (QED) is 0.424. The number of nitrogens with one attached hydrogen (secondary N) is 1. The Bertz CT molecular complexity index is 1330. The van der Waals surface area contributed by atoms with E-state index in [9.17, 15) is 4.39 Å². The molecule has 6 rings (SSSR count). The predicted molar refractivity (Wildman–Crippen MR) is 128 cm³/mol. The van der Waals surface area contributed by atoms with Gasteiger partial charge in [0.15, 0.2) is 11.5 Å². The van der Waals surface area contributed by atoms with Crippen molar-refractivity contribution in [3.05, 3.63) is 94.4 Å². The number of methoxy groups -OCH3 is 1. The predicted octanol–water partition coefficient (Wildman–Crippen LogP) is 5.96. The van der Waals surface area contributed by atoms with Crippen LogP contribution in [0.2, 0.25) is 0 Å². The van der Waals surface area contributed by atoms with Gasteiger partial charge in [0.2, 0.25) is 0 Å². The topological polar surface area (TPSA) is 37.5 Å². The molecule has 0 amide bonds. The fourth-order valence-electron chi connectivity index (χ4n) is 5.73. The largest absolute Gasteiger partial charge is 0.493 e. The minimum absolute atomic E-state index is 0.0394. The lowest BCUT2D eigenvalue weighted by Gasteiger charge is -2.46. The van der Waals surface area contributed by atoms with Crippen LogP contribution in [0.25, 0.3) is 10.9 Å². The van der Waals surface area contributed by atoms with Gasteiger partial charge in [-0.2, -0.15) is 0 Å². The van der Waals surface area contributed by atoms with Gasteiger partial charge in [-0.3, -0.25) is 4.90 Å². The summed E-state index contributed by atoms with van der Waals surface area (Å²) in [7, 11) is 1.70. The lowest BCUT2D eigenvalue weighted by atomic mass is 9.80. The van der Waals surface area contributed by atoms with Crippen molar-refractivity contribution in [3.63, 3.8) is 0 Å². The maximum Gasteiger partial charge on any atom is 0.161 e. The van der Waals surface area contributed by atoms with Crippen LogP contribution in [-0.2, 0) is 12.8 Å². The van der Waals surface area contributed by atoms with E-state index in [1.807, 2.05) is 19.1 Å². The number of ether oxygens (including phenoxy) is 2. The molecule has 33 heavy (non-hydrogen) atoms. The molecule has 3 aromatic carbocycles. The van der Waals surface area contributed by atoms with Crippen molar-refractivity contribution in [2.75, 3.05) is 20.3 Å². The van der Waals surface area contributed by atoms with Gasteiger partial charge in [-0.05, 0) is 72.4 Å². The lowest BCUT2D eigenvalue weighted by Crippen LogP contribution is -2.43. The molecule has 2 aliphatic heterocycles. The highest BCUT2D eigenvalue weighted by molar-refractivity contribution is 5.85. The minimum atomic E-state index is -0.208. The zero-order valence-electron chi connectivity index (χ0n) is 18.9. The molecular weight excluding hydrogens is 415 g/mol. The number of hydrogen-bond acceptors (Lipinski definition) is 3. The second-order valence-electron chi connectivity index (χ2n) is 8.86. The number of hydrogen-bond donors (Lipinski definition) is 1. The maximum absolute atomic E-state index is 13.8. The number of para-hydroxylation sites is 1. The summed E-state index contributed by atoms with van der Waals surface area (Å²) in [5.74, 6) is 1.38. The molecule has 1 N–H and O–H groups in total. The molecule has 4 nitrogen and oxygen atoms in total. The van der Waals surface area contributed by atoms with Crippen molar-refractivity contribution in [2.24, 2.45) is 0 Å². The van der Waals surface area contributed by atoms with E-state index in [1.165, 1.54) is 27.8 Å². The van der Waals surface area contributed by atoms with E-state index in [4.69, 9.17) is 9.47 Å². The van der Waals surface area contributed by atoms with Gasteiger partial charge in [-0.15, -0.1) is 0 Å². The van der Waals surface area contributed by atoms with Crippen LogP contribution in [0.5, 0.6) is 11.5 Å². The molecular formula is C28H27FN2O2. The molecule has 5 heteroatoms. The van der Waals surface area contributed by atoms with E-state index in [-0.39, 0.29) is 17.9 Å². The fraction of sp³-hybridized carbons (Fsp3) is 0.286.